The molecule has 0 unspecified atom stereocenters. The molecular weight excluding hydrogens is 409 g/mol. The van der Waals surface area contributed by atoms with Crippen molar-refractivity contribution in [3.63, 3.8) is 0 Å². The number of ketones is 1. The summed E-state index contributed by atoms with van der Waals surface area (Å²) in [6, 6.07) is 3.04. The molecule has 29 heavy (non-hydrogen) atoms. The summed E-state index contributed by atoms with van der Waals surface area (Å²) in [5.74, 6) is -1.56. The number of benzene rings is 1. The minimum absolute atomic E-state index is 0.00997. The number of nitrogens with zero attached hydrogens (tertiary/aromatic N) is 1. The van der Waals surface area contributed by atoms with Crippen molar-refractivity contribution in [3.05, 3.63) is 35.1 Å². The minimum atomic E-state index is -3.06. The van der Waals surface area contributed by atoms with Gasteiger partial charge in [0.05, 0.1) is 0 Å². The molecule has 2 fully saturated rings. The second kappa shape index (κ2) is 8.02. The van der Waals surface area contributed by atoms with Crippen LogP contribution in [0.25, 0.3) is 0 Å². The lowest BCUT2D eigenvalue weighted by Gasteiger charge is -2.34. The van der Waals surface area contributed by atoms with Crippen LogP contribution in [0.5, 0.6) is 11.5 Å². The summed E-state index contributed by atoms with van der Waals surface area (Å²) in [6.07, 6.45) is 2.04. The standard InChI is InChI=1S/C19H17F3N2O4S/c20-11-3-4-14(28-18(21)22)15(7-11)27-12-5-10(6-12)17(26)24-19-23-13(8-29-19)16(25)9-1-2-9/h3-4,7-10,12,18H,1-2,5-6H2,(H,23,24,26). The van der Waals surface area contributed by atoms with Crippen LogP contribution in [-0.4, -0.2) is 29.4 Å². The number of hydrogen-bond donors (Lipinski definition) is 1. The number of anilines is 1. The first-order chi connectivity index (χ1) is 13.9. The number of Topliss-reactive ketones (excluding diaryl/α,β-unsaturated/α-hetero) is 1. The van der Waals surface area contributed by atoms with E-state index in [1.165, 1.54) is 11.3 Å². The van der Waals surface area contributed by atoms with E-state index in [-0.39, 0.29) is 35.0 Å². The van der Waals surface area contributed by atoms with E-state index in [4.69, 9.17) is 4.74 Å². The van der Waals surface area contributed by atoms with Crippen molar-refractivity contribution in [1.29, 1.82) is 0 Å². The zero-order chi connectivity index (χ0) is 20.5. The fourth-order valence-electron chi connectivity index (χ4n) is 3.03. The molecule has 6 nitrogen and oxygen atoms in total. The van der Waals surface area contributed by atoms with Gasteiger partial charge >= 0.3 is 6.61 Å². The summed E-state index contributed by atoms with van der Waals surface area (Å²) in [5.41, 5.74) is 0.375. The first-order valence-electron chi connectivity index (χ1n) is 9.10. The molecule has 1 amide bonds. The third-order valence-corrected chi connectivity index (χ3v) is 5.57. The topological polar surface area (TPSA) is 77.5 Å². The molecule has 1 N–H and O–H groups in total. The Balaban J connectivity index is 1.29. The molecule has 4 rings (SSSR count). The fraction of sp³-hybridized carbons (Fsp3) is 0.421. The van der Waals surface area contributed by atoms with Gasteiger partial charge in [0.15, 0.2) is 22.4 Å². The van der Waals surface area contributed by atoms with Gasteiger partial charge in [-0.2, -0.15) is 8.78 Å². The largest absolute Gasteiger partial charge is 0.486 e. The summed E-state index contributed by atoms with van der Waals surface area (Å²) >= 11 is 1.19. The molecule has 1 aromatic heterocycles. The van der Waals surface area contributed by atoms with Crippen molar-refractivity contribution in [2.75, 3.05) is 5.32 Å². The maximum absolute atomic E-state index is 13.4. The van der Waals surface area contributed by atoms with Gasteiger partial charge in [0.1, 0.15) is 17.6 Å². The number of aromatic nitrogens is 1. The summed E-state index contributed by atoms with van der Waals surface area (Å²) < 4.78 is 48.2. The second-order valence-corrected chi connectivity index (χ2v) is 7.90. The Morgan fingerprint density at radius 1 is 1.17 bits per heavy atom. The smallest absolute Gasteiger partial charge is 0.387 e. The highest BCUT2D eigenvalue weighted by Crippen LogP contribution is 2.37. The van der Waals surface area contributed by atoms with Crippen LogP contribution in [0, 0.1) is 17.7 Å². The first-order valence-corrected chi connectivity index (χ1v) is 9.98. The SMILES string of the molecule is O=C(Nc1nc(C(=O)C2CC2)cs1)C1CC(Oc2cc(F)ccc2OC(F)F)C1. The van der Waals surface area contributed by atoms with Crippen LogP contribution < -0.4 is 14.8 Å². The number of carbonyl (C=O) groups is 2. The third kappa shape index (κ3) is 4.69. The van der Waals surface area contributed by atoms with Gasteiger partial charge in [0, 0.05) is 23.3 Å². The molecular formula is C19H17F3N2O4S. The number of halogens is 3. The van der Waals surface area contributed by atoms with E-state index in [0.29, 0.717) is 23.7 Å². The number of nitrogens with one attached hydrogen (secondary N) is 1. The molecule has 154 valence electrons. The lowest BCUT2D eigenvalue weighted by Crippen LogP contribution is -2.40. The molecule has 0 radical (unpaired) electrons. The van der Waals surface area contributed by atoms with Crippen LogP contribution >= 0.6 is 11.3 Å². The van der Waals surface area contributed by atoms with E-state index in [2.05, 4.69) is 15.0 Å². The first kappa shape index (κ1) is 19.7. The number of rotatable bonds is 8. The molecule has 10 heteroatoms. The Kier molecular flexibility index (Phi) is 5.44. The zero-order valence-electron chi connectivity index (χ0n) is 15.1. The van der Waals surface area contributed by atoms with E-state index in [9.17, 15) is 22.8 Å². The summed E-state index contributed by atoms with van der Waals surface area (Å²) in [4.78, 5) is 28.5. The van der Waals surface area contributed by atoms with Gasteiger partial charge in [-0.05, 0) is 37.8 Å². The van der Waals surface area contributed by atoms with Gasteiger partial charge in [0.2, 0.25) is 5.91 Å². The molecule has 2 saturated carbocycles. The number of hydrogen-bond acceptors (Lipinski definition) is 6. The molecule has 0 atom stereocenters. The van der Waals surface area contributed by atoms with Crippen LogP contribution in [0.2, 0.25) is 0 Å². The summed E-state index contributed by atoms with van der Waals surface area (Å²) in [5, 5.41) is 4.68. The maximum atomic E-state index is 13.4. The van der Waals surface area contributed by atoms with Crippen molar-refractivity contribution in [2.45, 2.75) is 38.4 Å². The van der Waals surface area contributed by atoms with E-state index in [1.807, 2.05) is 0 Å². The van der Waals surface area contributed by atoms with Crippen LogP contribution in [0.15, 0.2) is 23.6 Å². The van der Waals surface area contributed by atoms with Gasteiger partial charge in [0.25, 0.3) is 0 Å². The highest BCUT2D eigenvalue weighted by Gasteiger charge is 2.37. The number of carbonyl (C=O) groups excluding carboxylic acids is 2. The highest BCUT2D eigenvalue weighted by atomic mass is 32.1. The van der Waals surface area contributed by atoms with Crippen LogP contribution in [0.4, 0.5) is 18.3 Å². The number of thiazole rings is 1. The average Bonchev–Trinajstić information content (AvgIpc) is 3.38. The number of amides is 1. The Morgan fingerprint density at radius 2 is 1.93 bits per heavy atom. The molecule has 0 saturated heterocycles. The fourth-order valence-corrected chi connectivity index (χ4v) is 3.73. The van der Waals surface area contributed by atoms with Crippen molar-refractivity contribution >= 4 is 28.2 Å². The normalized spacial score (nSPS) is 20.8. The van der Waals surface area contributed by atoms with Gasteiger partial charge in [-0.1, -0.05) is 0 Å². The third-order valence-electron chi connectivity index (χ3n) is 4.82. The average molecular weight is 426 g/mol. The van der Waals surface area contributed by atoms with Crippen molar-refractivity contribution < 1.29 is 32.2 Å². The van der Waals surface area contributed by atoms with Gasteiger partial charge in [-0.25, -0.2) is 9.37 Å². The predicted molar refractivity (Wildman–Crippen MR) is 98.0 cm³/mol. The Labute approximate surface area is 168 Å². The van der Waals surface area contributed by atoms with Gasteiger partial charge in [-0.3, -0.25) is 9.59 Å². The van der Waals surface area contributed by atoms with Crippen LogP contribution in [0.3, 0.4) is 0 Å². The zero-order valence-corrected chi connectivity index (χ0v) is 15.9. The Hall–Kier alpha value is -2.62. The quantitative estimate of drug-likeness (QED) is 0.638. The lowest BCUT2D eigenvalue weighted by atomic mass is 9.81. The number of ether oxygens (including phenoxy) is 2. The Morgan fingerprint density at radius 3 is 2.62 bits per heavy atom. The summed E-state index contributed by atoms with van der Waals surface area (Å²) in [7, 11) is 0. The van der Waals surface area contributed by atoms with Crippen molar-refractivity contribution in [2.24, 2.45) is 11.8 Å². The monoisotopic (exact) mass is 426 g/mol. The highest BCUT2D eigenvalue weighted by molar-refractivity contribution is 7.14. The van der Waals surface area contributed by atoms with E-state index < -0.39 is 18.5 Å². The summed E-state index contributed by atoms with van der Waals surface area (Å²) in [6.45, 7) is -3.06. The molecule has 0 spiro atoms. The molecule has 1 aromatic carbocycles. The molecule has 2 aliphatic carbocycles. The molecule has 1 heterocycles. The minimum Gasteiger partial charge on any atom is -0.486 e. The van der Waals surface area contributed by atoms with Gasteiger partial charge in [-0.15, -0.1) is 11.3 Å². The molecule has 0 aliphatic heterocycles. The maximum Gasteiger partial charge on any atom is 0.387 e. The molecule has 2 aliphatic rings. The predicted octanol–water partition coefficient (Wildman–Crippen LogP) is 4.27. The van der Waals surface area contributed by atoms with Crippen molar-refractivity contribution in [1.82, 2.24) is 4.98 Å². The number of alkyl halides is 2. The van der Waals surface area contributed by atoms with Crippen LogP contribution in [-0.2, 0) is 4.79 Å². The van der Waals surface area contributed by atoms with E-state index in [0.717, 1.165) is 31.0 Å². The van der Waals surface area contributed by atoms with E-state index in [1.54, 1.807) is 5.38 Å². The van der Waals surface area contributed by atoms with Gasteiger partial charge < -0.3 is 14.8 Å². The second-order valence-electron chi connectivity index (χ2n) is 7.04. The lowest BCUT2D eigenvalue weighted by molar-refractivity contribution is -0.125. The Bertz CT molecular complexity index is 926. The van der Waals surface area contributed by atoms with Crippen LogP contribution in [0.1, 0.15) is 36.2 Å². The van der Waals surface area contributed by atoms with E-state index >= 15 is 0 Å². The van der Waals surface area contributed by atoms with Crippen molar-refractivity contribution in [3.8, 4) is 11.5 Å². The molecule has 2 aromatic rings. The molecule has 0 bridgehead atoms.